The highest BCUT2D eigenvalue weighted by Gasteiger charge is 2.43. The van der Waals surface area contributed by atoms with Gasteiger partial charge in [0.25, 0.3) is 5.91 Å². The van der Waals surface area contributed by atoms with Gasteiger partial charge in [0.05, 0.1) is 17.6 Å². The van der Waals surface area contributed by atoms with Crippen LogP contribution in [0.1, 0.15) is 41.2 Å². The predicted molar refractivity (Wildman–Crippen MR) is 121 cm³/mol. The van der Waals surface area contributed by atoms with Gasteiger partial charge < -0.3 is 10.2 Å². The Morgan fingerprint density at radius 3 is 2.59 bits per heavy atom. The van der Waals surface area contributed by atoms with E-state index in [0.717, 1.165) is 30.9 Å². The van der Waals surface area contributed by atoms with Gasteiger partial charge in [-0.15, -0.1) is 0 Å². The number of anilines is 1. The molecule has 1 atom stereocenters. The van der Waals surface area contributed by atoms with Crippen LogP contribution in [0.15, 0.2) is 36.2 Å². The molecule has 2 aliphatic rings. The van der Waals surface area contributed by atoms with Crippen LogP contribution in [-0.2, 0) is 17.8 Å². The predicted octanol–water partition coefficient (Wildman–Crippen LogP) is 3.01. The fraction of sp³-hybridized carbons (Fsp3) is 0.417. The van der Waals surface area contributed by atoms with Crippen molar-refractivity contribution < 1.29 is 22.8 Å². The van der Waals surface area contributed by atoms with E-state index < -0.39 is 17.5 Å². The highest BCUT2D eigenvalue weighted by atomic mass is 19.4. The van der Waals surface area contributed by atoms with Gasteiger partial charge in [-0.05, 0) is 42.7 Å². The number of hydrogen-bond donors (Lipinski definition) is 1. The van der Waals surface area contributed by atoms with Crippen LogP contribution in [0.3, 0.4) is 0 Å². The molecule has 0 bridgehead atoms. The van der Waals surface area contributed by atoms with Gasteiger partial charge in [-0.25, -0.2) is 4.98 Å². The molecule has 0 saturated carbocycles. The number of piperazine rings is 1. The van der Waals surface area contributed by atoms with Crippen molar-refractivity contribution in [1.29, 1.82) is 0 Å². The molecule has 1 fully saturated rings. The Bertz CT molecular complexity index is 1140. The number of ketones is 1. The molecule has 180 valence electrons. The van der Waals surface area contributed by atoms with Crippen LogP contribution >= 0.6 is 0 Å². The Labute approximate surface area is 195 Å². The molecule has 34 heavy (non-hydrogen) atoms. The van der Waals surface area contributed by atoms with Crippen molar-refractivity contribution in [2.75, 3.05) is 31.6 Å². The number of nitrogens with one attached hydrogen (secondary N) is 1. The summed E-state index contributed by atoms with van der Waals surface area (Å²) in [6.45, 7) is 6.31. The fourth-order valence-electron chi connectivity index (χ4n) is 4.72. The first-order valence-corrected chi connectivity index (χ1v) is 11.0. The van der Waals surface area contributed by atoms with Crippen LogP contribution in [0.4, 0.5) is 18.9 Å². The number of Topliss-reactive ketones (excluding diaryl/α,β-unsaturated/α-hetero) is 1. The van der Waals surface area contributed by atoms with Crippen LogP contribution in [0.25, 0.3) is 5.57 Å². The van der Waals surface area contributed by atoms with E-state index in [2.05, 4.69) is 32.0 Å². The summed E-state index contributed by atoms with van der Waals surface area (Å²) in [6.07, 6.45) is -1.66. The lowest BCUT2D eigenvalue weighted by atomic mass is 9.88. The van der Waals surface area contributed by atoms with Gasteiger partial charge in [-0.1, -0.05) is 6.07 Å². The summed E-state index contributed by atoms with van der Waals surface area (Å²) in [7, 11) is 1.56. The molecule has 0 aromatic carbocycles. The molecule has 10 heteroatoms. The van der Waals surface area contributed by atoms with Gasteiger partial charge in [0.2, 0.25) is 0 Å². The summed E-state index contributed by atoms with van der Waals surface area (Å²) >= 11 is 0. The number of rotatable bonds is 4. The number of alkyl halides is 3. The number of nitrogens with zero attached hydrogens (tertiary/aromatic N) is 4. The summed E-state index contributed by atoms with van der Waals surface area (Å²) in [5.41, 5.74) is 1.77. The van der Waals surface area contributed by atoms with Crippen molar-refractivity contribution in [3.63, 3.8) is 0 Å². The van der Waals surface area contributed by atoms with Gasteiger partial charge in [0, 0.05) is 51.9 Å². The molecule has 2 aromatic heterocycles. The number of amides is 1. The molecule has 1 N–H and O–H groups in total. The van der Waals surface area contributed by atoms with E-state index in [9.17, 15) is 22.8 Å². The molecular formula is C24H26F3N5O2. The first-order chi connectivity index (χ1) is 16.1. The number of allylic oxidation sites excluding steroid dienone is 2. The van der Waals surface area contributed by atoms with Crippen molar-refractivity contribution in [2.45, 2.75) is 39.0 Å². The van der Waals surface area contributed by atoms with Gasteiger partial charge in [-0.2, -0.15) is 13.2 Å². The van der Waals surface area contributed by atoms with Crippen LogP contribution in [0.2, 0.25) is 0 Å². The van der Waals surface area contributed by atoms with Crippen molar-refractivity contribution >= 4 is 23.0 Å². The molecule has 4 rings (SSSR count). The standard InChI is InChI=1S/C24H26F3N5O2/c1-14-12-31(6-7-32(14)18-4-5-19(29-11-18)23(34)28-3)13-16-8-17-9-20(33)21(24(25,26)27)15(2)22(17)30-10-16/h4-5,8,10-11,14H,6-7,9,12-13H2,1-3H3,(H,28,34)/t14-/m1/s1. The normalized spacial score (nSPS) is 19.3. The monoisotopic (exact) mass is 473 g/mol. The molecule has 1 saturated heterocycles. The largest absolute Gasteiger partial charge is 0.420 e. The van der Waals surface area contributed by atoms with E-state index >= 15 is 0 Å². The lowest BCUT2D eigenvalue weighted by molar-refractivity contribution is -0.128. The van der Waals surface area contributed by atoms with Crippen LogP contribution < -0.4 is 10.2 Å². The maximum absolute atomic E-state index is 13.2. The summed E-state index contributed by atoms with van der Waals surface area (Å²) < 4.78 is 39.7. The first kappa shape index (κ1) is 23.9. The second-order valence-electron chi connectivity index (χ2n) is 8.71. The van der Waals surface area contributed by atoms with Gasteiger partial charge in [0.1, 0.15) is 11.3 Å². The molecule has 0 unspecified atom stereocenters. The second-order valence-corrected chi connectivity index (χ2v) is 8.71. The molecule has 1 aliphatic carbocycles. The lowest BCUT2D eigenvalue weighted by Crippen LogP contribution is -2.51. The number of pyridine rings is 2. The number of halogens is 3. The minimum Gasteiger partial charge on any atom is -0.365 e. The third-order valence-electron chi connectivity index (χ3n) is 6.32. The first-order valence-electron chi connectivity index (χ1n) is 11.0. The highest BCUT2D eigenvalue weighted by molar-refractivity contribution is 6.07. The van der Waals surface area contributed by atoms with E-state index in [1.807, 2.05) is 6.07 Å². The molecule has 3 heterocycles. The molecule has 7 nitrogen and oxygen atoms in total. The summed E-state index contributed by atoms with van der Waals surface area (Å²) in [5.74, 6) is -1.14. The topological polar surface area (TPSA) is 78.4 Å². The van der Waals surface area contributed by atoms with Crippen molar-refractivity contribution in [3.8, 4) is 0 Å². The highest BCUT2D eigenvalue weighted by Crippen LogP contribution is 2.37. The quantitative estimate of drug-likeness (QED) is 0.736. The van der Waals surface area contributed by atoms with Crippen LogP contribution in [0, 0.1) is 0 Å². The zero-order valence-corrected chi connectivity index (χ0v) is 19.2. The Morgan fingerprint density at radius 2 is 1.97 bits per heavy atom. The Hall–Kier alpha value is -3.27. The third kappa shape index (κ3) is 4.68. The molecule has 1 amide bonds. The molecular weight excluding hydrogens is 447 g/mol. The summed E-state index contributed by atoms with van der Waals surface area (Å²) in [5, 5.41) is 2.55. The van der Waals surface area contributed by atoms with Gasteiger partial charge in [-0.3, -0.25) is 19.5 Å². The zero-order valence-electron chi connectivity index (χ0n) is 19.2. The SMILES string of the molecule is CNC(=O)c1ccc(N2CCN(Cc3cnc4c(c3)CC(=O)C(C(F)(F)F)=C4C)C[C@H]2C)cn1. The number of fused-ring (bicyclic) bond motifs is 1. The molecule has 1 aliphatic heterocycles. The number of aromatic nitrogens is 2. The van der Waals surface area contributed by atoms with Gasteiger partial charge >= 0.3 is 6.18 Å². The lowest BCUT2D eigenvalue weighted by Gasteiger charge is -2.41. The molecule has 0 radical (unpaired) electrons. The second kappa shape index (κ2) is 9.17. The van der Waals surface area contributed by atoms with Crippen molar-refractivity contribution in [3.05, 3.63) is 58.7 Å². The zero-order chi connectivity index (χ0) is 24.6. The van der Waals surface area contributed by atoms with E-state index in [4.69, 9.17) is 0 Å². The summed E-state index contributed by atoms with van der Waals surface area (Å²) in [6, 6.07) is 5.58. The van der Waals surface area contributed by atoms with Crippen molar-refractivity contribution in [2.24, 2.45) is 0 Å². The maximum Gasteiger partial charge on any atom is 0.420 e. The maximum atomic E-state index is 13.2. The average Bonchev–Trinajstić information content (AvgIpc) is 2.77. The van der Waals surface area contributed by atoms with Gasteiger partial charge in [0.15, 0.2) is 5.78 Å². The van der Waals surface area contributed by atoms with Crippen LogP contribution in [-0.4, -0.2) is 65.5 Å². The average molecular weight is 473 g/mol. The Morgan fingerprint density at radius 1 is 1.21 bits per heavy atom. The number of hydrogen-bond acceptors (Lipinski definition) is 6. The Kier molecular flexibility index (Phi) is 6.44. The van der Waals surface area contributed by atoms with Crippen molar-refractivity contribution in [1.82, 2.24) is 20.2 Å². The Balaban J connectivity index is 1.44. The molecule has 0 spiro atoms. The number of carbonyl (C=O) groups excluding carboxylic acids is 2. The molecule has 2 aromatic rings. The van der Waals surface area contributed by atoms with E-state index in [0.29, 0.717) is 17.8 Å². The smallest absolute Gasteiger partial charge is 0.365 e. The minimum absolute atomic E-state index is 0.108. The third-order valence-corrected chi connectivity index (χ3v) is 6.32. The summed E-state index contributed by atoms with van der Waals surface area (Å²) in [4.78, 5) is 36.9. The van der Waals surface area contributed by atoms with E-state index in [1.54, 1.807) is 31.6 Å². The van der Waals surface area contributed by atoms with E-state index in [1.165, 1.54) is 6.92 Å². The number of carbonyl (C=O) groups is 2. The van der Waals surface area contributed by atoms with Crippen LogP contribution in [0.5, 0.6) is 0 Å². The minimum atomic E-state index is -4.67. The van der Waals surface area contributed by atoms with E-state index in [-0.39, 0.29) is 29.6 Å². The fourth-order valence-corrected chi connectivity index (χ4v) is 4.72.